The van der Waals surface area contributed by atoms with Gasteiger partial charge in [0.1, 0.15) is 0 Å². The van der Waals surface area contributed by atoms with Crippen LogP contribution in [0.2, 0.25) is 0 Å². The van der Waals surface area contributed by atoms with Gasteiger partial charge in [0.15, 0.2) is 10.8 Å². The number of hydrogen-bond acceptors (Lipinski definition) is 5. The van der Waals surface area contributed by atoms with Crippen LogP contribution in [0, 0.1) is 0 Å². The first-order valence-electron chi connectivity index (χ1n) is 6.81. The molecule has 0 saturated heterocycles. The van der Waals surface area contributed by atoms with Gasteiger partial charge >= 0.3 is 0 Å². The largest absolute Gasteiger partial charge is 0.350 e. The lowest BCUT2D eigenvalue weighted by Crippen LogP contribution is -2.30. The van der Waals surface area contributed by atoms with E-state index < -0.39 is 0 Å². The molecule has 4 nitrogen and oxygen atoms in total. The van der Waals surface area contributed by atoms with Crippen molar-refractivity contribution >= 4 is 33.5 Å². The molecule has 4 heterocycles. The second-order valence-corrected chi connectivity index (χ2v) is 6.89. The van der Waals surface area contributed by atoms with Crippen LogP contribution in [0.1, 0.15) is 16.1 Å². The first-order chi connectivity index (χ1) is 9.86. The fourth-order valence-electron chi connectivity index (χ4n) is 2.87. The van der Waals surface area contributed by atoms with Crippen LogP contribution in [-0.4, -0.2) is 22.5 Å². The van der Waals surface area contributed by atoms with Crippen molar-refractivity contribution in [2.24, 2.45) is 5.73 Å². The van der Waals surface area contributed by atoms with Crippen LogP contribution in [0.3, 0.4) is 0 Å². The zero-order valence-corrected chi connectivity index (χ0v) is 12.7. The van der Waals surface area contributed by atoms with E-state index in [1.165, 1.54) is 16.1 Å². The van der Waals surface area contributed by atoms with Gasteiger partial charge in [-0.05, 0) is 30.0 Å². The molecule has 0 fully saturated rings. The van der Waals surface area contributed by atoms with Crippen molar-refractivity contribution in [2.45, 2.75) is 19.4 Å². The van der Waals surface area contributed by atoms with E-state index in [-0.39, 0.29) is 0 Å². The molecule has 0 saturated carbocycles. The average molecular weight is 304 g/mol. The Morgan fingerprint density at radius 1 is 1.30 bits per heavy atom. The van der Waals surface area contributed by atoms with Crippen molar-refractivity contribution in [3.05, 3.63) is 39.2 Å². The van der Waals surface area contributed by atoms with E-state index in [1.807, 2.05) is 11.3 Å². The number of nitrogens with two attached hydrogens (primary N) is 1. The lowest BCUT2D eigenvalue weighted by Gasteiger charge is -2.28. The normalized spacial score (nSPS) is 14.9. The Bertz CT molecular complexity index is 739. The highest BCUT2D eigenvalue weighted by molar-refractivity contribution is 7.15. The van der Waals surface area contributed by atoms with Crippen molar-refractivity contribution in [1.82, 2.24) is 9.38 Å². The fourth-order valence-corrected chi connectivity index (χ4v) is 4.49. The minimum Gasteiger partial charge on any atom is -0.350 e. The van der Waals surface area contributed by atoms with E-state index in [0.717, 1.165) is 36.7 Å². The maximum Gasteiger partial charge on any atom is 0.195 e. The van der Waals surface area contributed by atoms with E-state index in [0.29, 0.717) is 6.54 Å². The molecule has 3 aromatic rings. The van der Waals surface area contributed by atoms with Crippen molar-refractivity contribution < 1.29 is 0 Å². The molecule has 2 N–H and O–H groups in total. The quantitative estimate of drug-likeness (QED) is 0.809. The average Bonchev–Trinajstić information content (AvgIpc) is 3.14. The molecule has 0 unspecified atom stereocenters. The molecular formula is C14H16N4S2. The van der Waals surface area contributed by atoms with Gasteiger partial charge in [0.05, 0.1) is 5.69 Å². The van der Waals surface area contributed by atoms with Crippen molar-refractivity contribution in [1.29, 1.82) is 0 Å². The first-order valence-corrected chi connectivity index (χ1v) is 8.57. The molecule has 0 radical (unpaired) electrons. The Morgan fingerprint density at radius 2 is 2.25 bits per heavy atom. The van der Waals surface area contributed by atoms with Crippen molar-refractivity contribution in [3.8, 4) is 0 Å². The van der Waals surface area contributed by atoms with Gasteiger partial charge in [-0.15, -0.1) is 22.7 Å². The molecule has 0 aliphatic carbocycles. The predicted octanol–water partition coefficient (Wildman–Crippen LogP) is 2.52. The highest BCUT2D eigenvalue weighted by Crippen LogP contribution is 2.31. The molecular weight excluding hydrogens is 288 g/mol. The number of rotatable bonds is 3. The zero-order valence-electron chi connectivity index (χ0n) is 11.1. The molecule has 1 aliphatic heterocycles. The zero-order chi connectivity index (χ0) is 13.5. The number of thiazole rings is 1. The highest BCUT2D eigenvalue weighted by Gasteiger charge is 2.23. The van der Waals surface area contributed by atoms with Gasteiger partial charge in [0, 0.05) is 36.0 Å². The third-order valence-corrected chi connectivity index (χ3v) is 5.61. The Kier molecular flexibility index (Phi) is 3.02. The smallest absolute Gasteiger partial charge is 0.195 e. The summed E-state index contributed by atoms with van der Waals surface area (Å²) in [6.45, 7) is 2.69. The van der Waals surface area contributed by atoms with E-state index in [1.54, 1.807) is 11.3 Å². The van der Waals surface area contributed by atoms with Gasteiger partial charge in [-0.25, -0.2) is 4.98 Å². The molecule has 0 spiro atoms. The standard InChI is InChI=1S/C14H16N4S2/c15-4-1-11-13(16-14-18(11)6-8-20-14)17-5-2-12-10(9-17)3-7-19-12/h3,6-8H,1-2,4-5,9,15H2. The van der Waals surface area contributed by atoms with Crippen LogP contribution >= 0.6 is 22.7 Å². The van der Waals surface area contributed by atoms with Gasteiger partial charge in [0.2, 0.25) is 0 Å². The van der Waals surface area contributed by atoms with E-state index in [9.17, 15) is 0 Å². The number of hydrogen-bond donors (Lipinski definition) is 1. The minimum atomic E-state index is 0.661. The third-order valence-electron chi connectivity index (χ3n) is 3.83. The Hall–Kier alpha value is -1.37. The second-order valence-electron chi connectivity index (χ2n) is 5.02. The predicted molar refractivity (Wildman–Crippen MR) is 84.9 cm³/mol. The number of thiophene rings is 1. The number of imidazole rings is 1. The monoisotopic (exact) mass is 304 g/mol. The van der Waals surface area contributed by atoms with Crippen molar-refractivity contribution in [3.63, 3.8) is 0 Å². The third kappa shape index (κ3) is 1.87. The van der Waals surface area contributed by atoms with Gasteiger partial charge in [-0.2, -0.15) is 0 Å². The Labute approximate surface area is 125 Å². The molecule has 4 rings (SSSR count). The van der Waals surface area contributed by atoms with Gasteiger partial charge in [-0.3, -0.25) is 4.40 Å². The van der Waals surface area contributed by atoms with Crippen molar-refractivity contribution in [2.75, 3.05) is 18.0 Å². The van der Waals surface area contributed by atoms with Crippen LogP contribution in [0.4, 0.5) is 5.82 Å². The summed E-state index contributed by atoms with van der Waals surface area (Å²) >= 11 is 3.56. The first kappa shape index (κ1) is 12.4. The van der Waals surface area contributed by atoms with E-state index in [4.69, 9.17) is 10.7 Å². The summed E-state index contributed by atoms with van der Waals surface area (Å²) in [4.78, 5) is 9.83. The molecule has 3 aromatic heterocycles. The molecule has 0 aromatic carbocycles. The number of fused-ring (bicyclic) bond motifs is 2. The summed E-state index contributed by atoms with van der Waals surface area (Å²) in [7, 11) is 0. The number of anilines is 1. The lowest BCUT2D eigenvalue weighted by atomic mass is 10.1. The summed E-state index contributed by atoms with van der Waals surface area (Å²) in [5.41, 5.74) is 8.49. The van der Waals surface area contributed by atoms with Gasteiger partial charge < -0.3 is 10.6 Å². The number of nitrogens with zero attached hydrogens (tertiary/aromatic N) is 3. The summed E-state index contributed by atoms with van der Waals surface area (Å²) in [5.74, 6) is 1.12. The topological polar surface area (TPSA) is 46.6 Å². The fraction of sp³-hybridized carbons (Fsp3) is 0.357. The van der Waals surface area contributed by atoms with Crippen LogP contribution in [-0.2, 0) is 19.4 Å². The molecule has 6 heteroatoms. The SMILES string of the molecule is NCCc1c(N2CCc3sccc3C2)nc2sccn12. The van der Waals surface area contributed by atoms with Crippen LogP contribution < -0.4 is 10.6 Å². The number of aromatic nitrogens is 2. The summed E-state index contributed by atoms with van der Waals surface area (Å²) in [6, 6.07) is 2.24. The molecule has 0 atom stereocenters. The summed E-state index contributed by atoms with van der Waals surface area (Å²) in [6.07, 6.45) is 4.10. The molecule has 20 heavy (non-hydrogen) atoms. The van der Waals surface area contributed by atoms with E-state index >= 15 is 0 Å². The Balaban J connectivity index is 1.75. The molecule has 104 valence electrons. The second kappa shape index (κ2) is 4.87. The lowest BCUT2D eigenvalue weighted by molar-refractivity contribution is 0.726. The maximum atomic E-state index is 5.78. The Morgan fingerprint density at radius 3 is 3.15 bits per heavy atom. The van der Waals surface area contributed by atoms with E-state index in [2.05, 4.69) is 32.3 Å². The van der Waals surface area contributed by atoms with Gasteiger partial charge in [0.25, 0.3) is 0 Å². The highest BCUT2D eigenvalue weighted by atomic mass is 32.1. The molecule has 0 bridgehead atoms. The van der Waals surface area contributed by atoms with Crippen LogP contribution in [0.25, 0.3) is 4.96 Å². The molecule has 0 amide bonds. The van der Waals surface area contributed by atoms with Crippen LogP contribution in [0.5, 0.6) is 0 Å². The van der Waals surface area contributed by atoms with Crippen LogP contribution in [0.15, 0.2) is 23.0 Å². The summed E-state index contributed by atoms with van der Waals surface area (Å²) in [5, 5.41) is 4.28. The molecule has 1 aliphatic rings. The maximum absolute atomic E-state index is 5.78. The minimum absolute atomic E-state index is 0.661. The van der Waals surface area contributed by atoms with Gasteiger partial charge in [-0.1, -0.05) is 0 Å². The summed E-state index contributed by atoms with van der Waals surface area (Å²) < 4.78 is 2.19.